The molecule has 2 aromatic rings. The Morgan fingerprint density at radius 1 is 1.19 bits per heavy atom. The fourth-order valence-corrected chi connectivity index (χ4v) is 4.46. The third-order valence-corrected chi connectivity index (χ3v) is 6.23. The van der Waals surface area contributed by atoms with Gasteiger partial charge >= 0.3 is 12.1 Å². The van der Waals surface area contributed by atoms with Crippen LogP contribution in [0, 0.1) is 5.92 Å². The van der Waals surface area contributed by atoms with Crippen LogP contribution in [0.2, 0.25) is 0 Å². The number of hydrogen-bond donors (Lipinski definition) is 0. The zero-order chi connectivity index (χ0) is 26.2. The van der Waals surface area contributed by atoms with Crippen molar-refractivity contribution < 1.29 is 36.9 Å². The molecule has 0 spiro atoms. The van der Waals surface area contributed by atoms with Crippen molar-refractivity contribution in [3.8, 4) is 22.8 Å². The van der Waals surface area contributed by atoms with Crippen LogP contribution in [0.25, 0.3) is 11.3 Å². The maximum atomic E-state index is 14.1. The van der Waals surface area contributed by atoms with Gasteiger partial charge < -0.3 is 23.5 Å². The van der Waals surface area contributed by atoms with Gasteiger partial charge in [-0.15, -0.1) is 0 Å². The molecule has 0 amide bonds. The SMILES string of the molecule is CCOC(=O)c1cc2c(n(C3CC3)c1=O)-c1cc(C(F)(F)F)c(OCCCOC)cc1OC2C(C)C. The lowest BCUT2D eigenvalue weighted by Gasteiger charge is -2.34. The number of benzene rings is 1. The van der Waals surface area contributed by atoms with E-state index in [0.717, 1.165) is 6.07 Å². The molecule has 7 nitrogen and oxygen atoms in total. The molecule has 1 fully saturated rings. The van der Waals surface area contributed by atoms with Crippen LogP contribution in [0.5, 0.6) is 11.5 Å². The molecule has 0 radical (unpaired) electrons. The van der Waals surface area contributed by atoms with Gasteiger partial charge in [-0.05, 0) is 37.8 Å². The van der Waals surface area contributed by atoms with Gasteiger partial charge in [-0.1, -0.05) is 13.8 Å². The summed E-state index contributed by atoms with van der Waals surface area (Å²) in [6, 6.07) is 3.45. The standard InChI is InChI=1S/C26H30F3NO6/c1-5-34-25(32)18-11-17-22(30(24(18)31)15-7-8-15)16-12-19(26(27,28)29)21(35-10-6-9-33-4)13-20(16)36-23(17)14(2)3/h11-15,23H,5-10H2,1-4H3. The number of ether oxygens (including phenoxy) is 4. The van der Waals surface area contributed by atoms with E-state index in [9.17, 15) is 22.8 Å². The highest BCUT2D eigenvalue weighted by molar-refractivity contribution is 5.90. The zero-order valence-corrected chi connectivity index (χ0v) is 20.7. The van der Waals surface area contributed by atoms with Gasteiger partial charge in [-0.2, -0.15) is 13.2 Å². The number of alkyl halides is 3. The van der Waals surface area contributed by atoms with Crippen molar-refractivity contribution in [3.05, 3.63) is 45.2 Å². The summed E-state index contributed by atoms with van der Waals surface area (Å²) in [4.78, 5) is 26.0. The Morgan fingerprint density at radius 3 is 2.50 bits per heavy atom. The van der Waals surface area contributed by atoms with E-state index >= 15 is 0 Å². The summed E-state index contributed by atoms with van der Waals surface area (Å²) >= 11 is 0. The van der Waals surface area contributed by atoms with Crippen LogP contribution in [0.3, 0.4) is 0 Å². The first-order valence-corrected chi connectivity index (χ1v) is 12.1. The predicted molar refractivity (Wildman–Crippen MR) is 126 cm³/mol. The van der Waals surface area contributed by atoms with Crippen LogP contribution >= 0.6 is 0 Å². The molecule has 1 aliphatic carbocycles. The Morgan fingerprint density at radius 2 is 1.92 bits per heavy atom. The molecule has 2 aliphatic rings. The third-order valence-electron chi connectivity index (χ3n) is 6.23. The predicted octanol–water partition coefficient (Wildman–Crippen LogP) is 5.55. The van der Waals surface area contributed by atoms with E-state index in [0.29, 0.717) is 37.1 Å². The number of hydrogen-bond acceptors (Lipinski definition) is 6. The number of fused-ring (bicyclic) bond motifs is 3. The molecule has 196 valence electrons. The van der Waals surface area contributed by atoms with Crippen LogP contribution < -0.4 is 15.0 Å². The fraction of sp³-hybridized carbons (Fsp3) is 0.538. The number of methoxy groups -OCH3 is 1. The summed E-state index contributed by atoms with van der Waals surface area (Å²) < 4.78 is 65.5. The summed E-state index contributed by atoms with van der Waals surface area (Å²) in [6.45, 7) is 5.93. The number of aromatic nitrogens is 1. The second kappa shape index (κ2) is 10.2. The van der Waals surface area contributed by atoms with E-state index in [2.05, 4.69) is 0 Å². The van der Waals surface area contributed by atoms with Crippen molar-refractivity contribution in [2.45, 2.75) is 58.4 Å². The van der Waals surface area contributed by atoms with Gasteiger partial charge in [-0.3, -0.25) is 4.79 Å². The maximum Gasteiger partial charge on any atom is 0.419 e. The molecular formula is C26H30F3NO6. The molecule has 1 atom stereocenters. The second-order valence-corrected chi connectivity index (χ2v) is 9.31. The van der Waals surface area contributed by atoms with Gasteiger partial charge in [0, 0.05) is 43.4 Å². The number of rotatable bonds is 9. The highest BCUT2D eigenvalue weighted by atomic mass is 19.4. The Kier molecular flexibility index (Phi) is 7.36. The highest BCUT2D eigenvalue weighted by Gasteiger charge is 2.41. The first-order chi connectivity index (χ1) is 17.1. The fourth-order valence-electron chi connectivity index (χ4n) is 4.46. The van der Waals surface area contributed by atoms with E-state index in [1.165, 1.54) is 23.8 Å². The third kappa shape index (κ3) is 4.96. The smallest absolute Gasteiger partial charge is 0.419 e. The molecule has 4 rings (SSSR count). The lowest BCUT2D eigenvalue weighted by molar-refractivity contribution is -0.139. The van der Waals surface area contributed by atoms with Gasteiger partial charge in [0.2, 0.25) is 0 Å². The average Bonchev–Trinajstić information content (AvgIpc) is 3.65. The largest absolute Gasteiger partial charge is 0.493 e. The minimum Gasteiger partial charge on any atom is -0.493 e. The van der Waals surface area contributed by atoms with Crippen LogP contribution in [0.15, 0.2) is 23.0 Å². The summed E-state index contributed by atoms with van der Waals surface area (Å²) in [5.74, 6) is -1.00. The number of carbonyl (C=O) groups excluding carboxylic acids is 1. The normalized spacial score (nSPS) is 16.8. The molecule has 0 saturated heterocycles. The molecular weight excluding hydrogens is 479 g/mol. The van der Waals surface area contributed by atoms with Crippen LogP contribution in [0.1, 0.15) is 73.7 Å². The Balaban J connectivity index is 1.95. The molecule has 1 aromatic carbocycles. The Labute approximate surface area is 207 Å². The van der Waals surface area contributed by atoms with Crippen molar-refractivity contribution >= 4 is 5.97 Å². The van der Waals surface area contributed by atoms with Crippen molar-refractivity contribution in [3.63, 3.8) is 0 Å². The number of carbonyl (C=O) groups is 1. The molecule has 1 unspecified atom stereocenters. The van der Waals surface area contributed by atoms with E-state index in [1.807, 2.05) is 13.8 Å². The number of nitrogens with zero attached hydrogens (tertiary/aromatic N) is 1. The summed E-state index contributed by atoms with van der Waals surface area (Å²) in [5.41, 5.74) is -0.674. The number of esters is 1. The second-order valence-electron chi connectivity index (χ2n) is 9.31. The molecule has 1 aliphatic heterocycles. The molecule has 0 bridgehead atoms. The number of pyridine rings is 1. The van der Waals surface area contributed by atoms with Crippen molar-refractivity contribution in [1.29, 1.82) is 0 Å². The van der Waals surface area contributed by atoms with Gasteiger partial charge in [0.25, 0.3) is 5.56 Å². The number of halogens is 3. The molecule has 2 heterocycles. The highest BCUT2D eigenvalue weighted by Crippen LogP contribution is 2.51. The lowest BCUT2D eigenvalue weighted by Crippen LogP contribution is -2.33. The minimum atomic E-state index is -4.70. The summed E-state index contributed by atoms with van der Waals surface area (Å²) in [6.07, 6.45) is -3.50. The van der Waals surface area contributed by atoms with Crippen LogP contribution in [0.4, 0.5) is 13.2 Å². The Hall–Kier alpha value is -3.01. The van der Waals surface area contributed by atoms with E-state index in [1.54, 1.807) is 6.92 Å². The van der Waals surface area contributed by atoms with E-state index in [-0.39, 0.29) is 47.8 Å². The van der Waals surface area contributed by atoms with Gasteiger partial charge in [0.05, 0.1) is 24.5 Å². The maximum absolute atomic E-state index is 14.1. The van der Waals surface area contributed by atoms with Crippen molar-refractivity contribution in [1.82, 2.24) is 4.57 Å². The first kappa shape index (κ1) is 26.1. The van der Waals surface area contributed by atoms with Crippen molar-refractivity contribution in [2.24, 2.45) is 5.92 Å². The zero-order valence-electron chi connectivity index (χ0n) is 20.7. The van der Waals surface area contributed by atoms with Gasteiger partial charge in [0.1, 0.15) is 23.2 Å². The van der Waals surface area contributed by atoms with E-state index < -0.39 is 29.4 Å². The Bertz CT molecular complexity index is 1200. The van der Waals surface area contributed by atoms with Gasteiger partial charge in [-0.25, -0.2) is 4.79 Å². The minimum absolute atomic E-state index is 0.0373. The average molecular weight is 510 g/mol. The summed E-state index contributed by atoms with van der Waals surface area (Å²) in [7, 11) is 1.50. The van der Waals surface area contributed by atoms with E-state index in [4.69, 9.17) is 18.9 Å². The molecule has 36 heavy (non-hydrogen) atoms. The molecule has 1 saturated carbocycles. The van der Waals surface area contributed by atoms with Crippen molar-refractivity contribution in [2.75, 3.05) is 26.9 Å². The monoisotopic (exact) mass is 509 g/mol. The van der Waals surface area contributed by atoms with Crippen LogP contribution in [-0.2, 0) is 15.7 Å². The molecule has 0 N–H and O–H groups in total. The summed E-state index contributed by atoms with van der Waals surface area (Å²) in [5, 5.41) is 0. The topological polar surface area (TPSA) is 76.0 Å². The van der Waals surface area contributed by atoms with Gasteiger partial charge in [0.15, 0.2) is 0 Å². The molecule has 1 aromatic heterocycles. The quantitative estimate of drug-likeness (QED) is 0.326. The first-order valence-electron chi connectivity index (χ1n) is 12.1. The molecule has 10 heteroatoms. The lowest BCUT2D eigenvalue weighted by atomic mass is 9.89. The van der Waals surface area contributed by atoms with Crippen LogP contribution in [-0.4, -0.2) is 37.5 Å².